The molecule has 1 aliphatic rings. The number of esters is 1. The van der Waals surface area contributed by atoms with Crippen molar-refractivity contribution in [1.29, 1.82) is 0 Å². The standard InChI is InChI=1S/C13H20N2O3/c1-3-10(13(16)17-2)12-14-8-11(15-12)9-4-6-18-7-5-9/h8-10H,3-7H2,1-2H3,(H,14,15). The lowest BCUT2D eigenvalue weighted by atomic mass is 9.97. The maximum absolute atomic E-state index is 11.6. The lowest BCUT2D eigenvalue weighted by Crippen LogP contribution is -2.16. The Morgan fingerprint density at radius 2 is 2.33 bits per heavy atom. The van der Waals surface area contributed by atoms with Crippen LogP contribution < -0.4 is 0 Å². The van der Waals surface area contributed by atoms with Gasteiger partial charge in [0.1, 0.15) is 11.7 Å². The molecule has 1 saturated heterocycles. The number of nitrogens with zero attached hydrogens (tertiary/aromatic N) is 1. The third kappa shape index (κ3) is 2.72. The highest BCUT2D eigenvalue weighted by Crippen LogP contribution is 2.27. The number of aromatic nitrogens is 2. The van der Waals surface area contributed by atoms with Crippen molar-refractivity contribution in [2.45, 2.75) is 38.0 Å². The number of hydrogen-bond donors (Lipinski definition) is 1. The number of hydrogen-bond acceptors (Lipinski definition) is 4. The summed E-state index contributed by atoms with van der Waals surface area (Å²) in [6.07, 6.45) is 4.55. The zero-order valence-electron chi connectivity index (χ0n) is 10.9. The zero-order chi connectivity index (χ0) is 13.0. The second-order valence-corrected chi connectivity index (χ2v) is 4.59. The molecule has 0 amide bonds. The van der Waals surface area contributed by atoms with Gasteiger partial charge in [0.05, 0.1) is 7.11 Å². The average molecular weight is 252 g/mol. The van der Waals surface area contributed by atoms with Gasteiger partial charge < -0.3 is 14.5 Å². The van der Waals surface area contributed by atoms with Gasteiger partial charge in [0, 0.05) is 31.0 Å². The minimum Gasteiger partial charge on any atom is -0.468 e. The number of carbonyl (C=O) groups is 1. The molecule has 1 aromatic heterocycles. The molecule has 1 aromatic rings. The molecule has 5 nitrogen and oxygen atoms in total. The van der Waals surface area contributed by atoms with E-state index in [1.54, 1.807) is 0 Å². The smallest absolute Gasteiger partial charge is 0.316 e. The van der Waals surface area contributed by atoms with Crippen molar-refractivity contribution < 1.29 is 14.3 Å². The molecule has 2 rings (SSSR count). The van der Waals surface area contributed by atoms with E-state index in [1.807, 2.05) is 13.1 Å². The molecule has 0 radical (unpaired) electrons. The molecule has 0 spiro atoms. The SMILES string of the molecule is CCC(C(=O)OC)c1ncc(C2CCOCC2)[nH]1. The number of rotatable bonds is 4. The van der Waals surface area contributed by atoms with Gasteiger partial charge in [0.15, 0.2) is 0 Å². The van der Waals surface area contributed by atoms with Crippen molar-refractivity contribution in [2.24, 2.45) is 0 Å². The van der Waals surface area contributed by atoms with E-state index in [9.17, 15) is 4.79 Å². The van der Waals surface area contributed by atoms with Gasteiger partial charge in [-0.3, -0.25) is 4.79 Å². The fraction of sp³-hybridized carbons (Fsp3) is 0.692. The van der Waals surface area contributed by atoms with Gasteiger partial charge >= 0.3 is 5.97 Å². The number of nitrogens with one attached hydrogen (secondary N) is 1. The largest absolute Gasteiger partial charge is 0.468 e. The van der Waals surface area contributed by atoms with Gasteiger partial charge in [-0.2, -0.15) is 0 Å². The summed E-state index contributed by atoms with van der Waals surface area (Å²) in [6.45, 7) is 3.55. The summed E-state index contributed by atoms with van der Waals surface area (Å²) in [5, 5.41) is 0. The highest BCUT2D eigenvalue weighted by molar-refractivity contribution is 5.76. The molecule has 18 heavy (non-hydrogen) atoms. The molecule has 5 heteroatoms. The Hall–Kier alpha value is -1.36. The fourth-order valence-electron chi connectivity index (χ4n) is 2.36. The molecule has 1 atom stereocenters. The summed E-state index contributed by atoms with van der Waals surface area (Å²) in [6, 6.07) is 0. The third-order valence-corrected chi connectivity index (χ3v) is 3.50. The Morgan fingerprint density at radius 1 is 1.61 bits per heavy atom. The Bertz CT molecular complexity index is 397. The molecule has 0 saturated carbocycles. The second-order valence-electron chi connectivity index (χ2n) is 4.59. The van der Waals surface area contributed by atoms with Crippen molar-refractivity contribution in [3.63, 3.8) is 0 Å². The molecular weight excluding hydrogens is 232 g/mol. The van der Waals surface area contributed by atoms with Gasteiger partial charge in [-0.15, -0.1) is 0 Å². The van der Waals surface area contributed by atoms with Gasteiger partial charge in [-0.05, 0) is 19.3 Å². The van der Waals surface area contributed by atoms with Crippen LogP contribution in [0.4, 0.5) is 0 Å². The van der Waals surface area contributed by atoms with Crippen LogP contribution >= 0.6 is 0 Å². The van der Waals surface area contributed by atoms with Crippen LogP contribution in [-0.4, -0.2) is 36.3 Å². The van der Waals surface area contributed by atoms with Crippen molar-refractivity contribution >= 4 is 5.97 Å². The molecular formula is C13H20N2O3. The predicted octanol–water partition coefficient (Wildman–Crippen LogP) is 1.97. The van der Waals surface area contributed by atoms with Crippen molar-refractivity contribution in [3.8, 4) is 0 Å². The minimum absolute atomic E-state index is 0.231. The lowest BCUT2D eigenvalue weighted by molar-refractivity contribution is -0.142. The van der Waals surface area contributed by atoms with Crippen molar-refractivity contribution in [3.05, 3.63) is 17.7 Å². The van der Waals surface area contributed by atoms with E-state index in [2.05, 4.69) is 9.97 Å². The molecule has 1 fully saturated rings. The zero-order valence-corrected chi connectivity index (χ0v) is 10.9. The summed E-state index contributed by atoms with van der Waals surface area (Å²) in [5.74, 6) is 0.662. The highest BCUT2D eigenvalue weighted by Gasteiger charge is 2.24. The number of aromatic amines is 1. The van der Waals surface area contributed by atoms with Gasteiger partial charge in [0.2, 0.25) is 0 Å². The van der Waals surface area contributed by atoms with E-state index in [0.717, 1.165) is 31.7 Å². The van der Waals surface area contributed by atoms with Gasteiger partial charge in [-0.25, -0.2) is 4.98 Å². The number of H-pyrrole nitrogens is 1. The van der Waals surface area contributed by atoms with Gasteiger partial charge in [0.25, 0.3) is 0 Å². The summed E-state index contributed by atoms with van der Waals surface area (Å²) in [4.78, 5) is 19.2. The lowest BCUT2D eigenvalue weighted by Gasteiger charge is -2.20. The third-order valence-electron chi connectivity index (χ3n) is 3.50. The van der Waals surface area contributed by atoms with E-state index in [-0.39, 0.29) is 11.9 Å². The van der Waals surface area contributed by atoms with Crippen LogP contribution in [0.25, 0.3) is 0 Å². The van der Waals surface area contributed by atoms with Crippen molar-refractivity contribution in [2.75, 3.05) is 20.3 Å². The normalized spacial score (nSPS) is 18.6. The summed E-state index contributed by atoms with van der Waals surface area (Å²) >= 11 is 0. The topological polar surface area (TPSA) is 64.2 Å². The van der Waals surface area contributed by atoms with E-state index in [0.29, 0.717) is 18.2 Å². The average Bonchev–Trinajstić information content (AvgIpc) is 2.90. The predicted molar refractivity (Wildman–Crippen MR) is 66.4 cm³/mol. The maximum Gasteiger partial charge on any atom is 0.316 e. The Balaban J connectivity index is 2.10. The fourth-order valence-corrected chi connectivity index (χ4v) is 2.36. The first-order chi connectivity index (χ1) is 8.76. The molecule has 1 N–H and O–H groups in total. The van der Waals surface area contributed by atoms with Crippen LogP contribution in [0.5, 0.6) is 0 Å². The Morgan fingerprint density at radius 3 is 2.94 bits per heavy atom. The van der Waals surface area contributed by atoms with Crippen LogP contribution in [0.3, 0.4) is 0 Å². The Labute approximate surface area is 107 Å². The first-order valence-corrected chi connectivity index (χ1v) is 6.46. The van der Waals surface area contributed by atoms with E-state index in [4.69, 9.17) is 9.47 Å². The van der Waals surface area contributed by atoms with Crippen LogP contribution in [0.1, 0.15) is 49.5 Å². The molecule has 1 aliphatic heterocycles. The molecule has 0 aliphatic carbocycles. The quantitative estimate of drug-likeness (QED) is 0.832. The van der Waals surface area contributed by atoms with Crippen LogP contribution in [-0.2, 0) is 14.3 Å². The summed E-state index contributed by atoms with van der Waals surface area (Å²) in [5.41, 5.74) is 1.11. The molecule has 1 unspecified atom stereocenters. The monoisotopic (exact) mass is 252 g/mol. The van der Waals surface area contributed by atoms with Crippen LogP contribution in [0.15, 0.2) is 6.20 Å². The molecule has 2 heterocycles. The highest BCUT2D eigenvalue weighted by atomic mass is 16.5. The van der Waals surface area contributed by atoms with Crippen LogP contribution in [0, 0.1) is 0 Å². The molecule has 0 aromatic carbocycles. The van der Waals surface area contributed by atoms with Gasteiger partial charge in [-0.1, -0.05) is 6.92 Å². The number of methoxy groups -OCH3 is 1. The summed E-state index contributed by atoms with van der Waals surface area (Å²) < 4.78 is 10.1. The summed E-state index contributed by atoms with van der Waals surface area (Å²) in [7, 11) is 1.41. The van der Waals surface area contributed by atoms with Crippen LogP contribution in [0.2, 0.25) is 0 Å². The minimum atomic E-state index is -0.288. The van der Waals surface area contributed by atoms with E-state index < -0.39 is 0 Å². The van der Waals surface area contributed by atoms with E-state index in [1.165, 1.54) is 7.11 Å². The molecule has 100 valence electrons. The first kappa shape index (κ1) is 13.1. The number of imidazole rings is 1. The molecule has 0 bridgehead atoms. The second kappa shape index (κ2) is 6.00. The Kier molecular flexibility index (Phi) is 4.36. The first-order valence-electron chi connectivity index (χ1n) is 6.46. The number of carbonyl (C=O) groups excluding carboxylic acids is 1. The number of ether oxygens (including phenoxy) is 2. The van der Waals surface area contributed by atoms with Crippen molar-refractivity contribution in [1.82, 2.24) is 9.97 Å². The maximum atomic E-state index is 11.6. The van der Waals surface area contributed by atoms with E-state index >= 15 is 0 Å².